The van der Waals surface area contributed by atoms with Crippen LogP contribution in [0.4, 0.5) is 0 Å². The quantitative estimate of drug-likeness (QED) is 0.479. The van der Waals surface area contributed by atoms with Gasteiger partial charge in [-0.3, -0.25) is 9.59 Å². The van der Waals surface area contributed by atoms with Gasteiger partial charge in [0.1, 0.15) is 0 Å². The number of nitrogens with zero attached hydrogens (tertiary/aromatic N) is 1. The third-order valence-electron chi connectivity index (χ3n) is 6.88. The Balaban J connectivity index is 1.64. The lowest BCUT2D eigenvalue weighted by molar-refractivity contribution is -0.131. The van der Waals surface area contributed by atoms with Gasteiger partial charge in [0, 0.05) is 11.4 Å². The number of carbonyl (C=O) groups is 2. The minimum Gasteiger partial charge on any atom is -0.503 e. The molecule has 8 heteroatoms. The van der Waals surface area contributed by atoms with E-state index in [2.05, 4.69) is 0 Å². The van der Waals surface area contributed by atoms with Gasteiger partial charge in [-0.05, 0) is 42.7 Å². The zero-order chi connectivity index (χ0) is 24.7. The Morgan fingerprint density at radius 3 is 2.37 bits per heavy atom. The smallest absolute Gasteiger partial charge is 0.290 e. The second-order valence-corrected chi connectivity index (χ2v) is 8.75. The molecule has 0 spiro atoms. The first-order valence-electron chi connectivity index (χ1n) is 11.6. The van der Waals surface area contributed by atoms with Crippen molar-refractivity contribution in [2.24, 2.45) is 0 Å². The zero-order valence-electron chi connectivity index (χ0n) is 19.9. The van der Waals surface area contributed by atoms with Crippen LogP contribution in [0.15, 0.2) is 58.2 Å². The van der Waals surface area contributed by atoms with E-state index in [4.69, 9.17) is 18.6 Å². The van der Waals surface area contributed by atoms with Gasteiger partial charge >= 0.3 is 0 Å². The van der Waals surface area contributed by atoms with Crippen LogP contribution in [-0.4, -0.2) is 49.1 Å². The summed E-state index contributed by atoms with van der Waals surface area (Å²) in [6.45, 7) is 0. The molecular formula is C27H27NO7. The van der Waals surface area contributed by atoms with Gasteiger partial charge in [-0.25, -0.2) is 0 Å². The molecule has 35 heavy (non-hydrogen) atoms. The number of benzene rings is 2. The molecule has 1 saturated carbocycles. The fourth-order valence-corrected chi connectivity index (χ4v) is 5.21. The fraction of sp³-hybridized carbons (Fsp3) is 0.333. The summed E-state index contributed by atoms with van der Waals surface area (Å²) in [5, 5.41) is 11.7. The molecule has 0 saturated heterocycles. The first-order chi connectivity index (χ1) is 17.0. The van der Waals surface area contributed by atoms with E-state index >= 15 is 0 Å². The number of amides is 1. The van der Waals surface area contributed by atoms with Gasteiger partial charge < -0.3 is 28.6 Å². The Morgan fingerprint density at radius 2 is 1.69 bits per heavy atom. The predicted molar refractivity (Wildman–Crippen MR) is 128 cm³/mol. The van der Waals surface area contributed by atoms with Gasteiger partial charge in [0.05, 0.1) is 32.9 Å². The van der Waals surface area contributed by atoms with Crippen LogP contribution in [0.2, 0.25) is 0 Å². The number of para-hydroxylation sites is 1. The molecule has 8 nitrogen and oxygen atoms in total. The van der Waals surface area contributed by atoms with Crippen LogP contribution in [0, 0.1) is 0 Å². The molecule has 1 unspecified atom stereocenters. The maximum atomic E-state index is 13.8. The normalized spacial score (nSPS) is 18.5. The van der Waals surface area contributed by atoms with Gasteiger partial charge in [-0.1, -0.05) is 31.0 Å². The highest BCUT2D eigenvalue weighted by Gasteiger charge is 2.48. The summed E-state index contributed by atoms with van der Waals surface area (Å²) in [5.41, 5.74) is 1.06. The number of hydrogen-bond acceptors (Lipinski definition) is 7. The maximum Gasteiger partial charge on any atom is 0.290 e. The summed E-state index contributed by atoms with van der Waals surface area (Å²) in [4.78, 5) is 28.8. The SMILES string of the molecule is COc1ccc(C2C(C(=O)c3cc4cccc(OC)c4o3)=C(O)C(=O)N2C2CCCC2)cc1OC. The standard InChI is InChI=1S/C27H27NO7/c1-32-18-12-11-15(13-20(18)34-3)23-22(25(30)27(31)28(23)17-8-4-5-9-17)24(29)21-14-16-7-6-10-19(33-2)26(16)35-21/h6-7,10-14,17,23,30H,4-5,8-9H2,1-3H3. The topological polar surface area (TPSA) is 98.4 Å². The van der Waals surface area contributed by atoms with Crippen molar-refractivity contribution in [3.05, 3.63) is 65.1 Å². The number of carbonyl (C=O) groups excluding carboxylic acids is 2. The Labute approximate surface area is 202 Å². The highest BCUT2D eigenvalue weighted by atomic mass is 16.5. The van der Waals surface area contributed by atoms with E-state index in [1.54, 1.807) is 41.3 Å². The molecule has 1 amide bonds. The van der Waals surface area contributed by atoms with E-state index in [0.29, 0.717) is 33.8 Å². The number of Topliss-reactive ketones (excluding diaryl/α,β-unsaturated/α-hetero) is 1. The van der Waals surface area contributed by atoms with Crippen molar-refractivity contribution < 1.29 is 33.3 Å². The number of fused-ring (bicyclic) bond motifs is 1. The van der Waals surface area contributed by atoms with E-state index in [1.807, 2.05) is 6.07 Å². The number of rotatable bonds is 7. The first-order valence-corrected chi connectivity index (χ1v) is 11.6. The summed E-state index contributed by atoms with van der Waals surface area (Å²) in [7, 11) is 4.59. The lowest BCUT2D eigenvalue weighted by atomic mass is 9.93. The van der Waals surface area contributed by atoms with Crippen LogP contribution in [0.3, 0.4) is 0 Å². The van der Waals surface area contributed by atoms with E-state index in [9.17, 15) is 14.7 Å². The highest BCUT2D eigenvalue weighted by Crippen LogP contribution is 2.45. The largest absolute Gasteiger partial charge is 0.503 e. The van der Waals surface area contributed by atoms with Crippen LogP contribution in [0.5, 0.6) is 17.2 Å². The van der Waals surface area contributed by atoms with E-state index in [-0.39, 0.29) is 17.4 Å². The third-order valence-corrected chi connectivity index (χ3v) is 6.88. The number of ether oxygens (including phenoxy) is 3. The zero-order valence-corrected chi connectivity index (χ0v) is 19.9. The third kappa shape index (κ3) is 3.69. The predicted octanol–water partition coefficient (Wildman–Crippen LogP) is 4.98. The fourth-order valence-electron chi connectivity index (χ4n) is 5.21. The molecule has 1 atom stereocenters. The van der Waals surface area contributed by atoms with Crippen molar-refractivity contribution in [1.82, 2.24) is 4.90 Å². The second kappa shape index (κ2) is 9.02. The van der Waals surface area contributed by atoms with Gasteiger partial charge in [-0.2, -0.15) is 0 Å². The summed E-state index contributed by atoms with van der Waals surface area (Å²) in [6, 6.07) is 11.4. The van der Waals surface area contributed by atoms with Crippen molar-refractivity contribution in [1.29, 1.82) is 0 Å². The molecule has 1 aliphatic carbocycles. The Morgan fingerprint density at radius 1 is 0.971 bits per heavy atom. The molecule has 1 fully saturated rings. The van der Waals surface area contributed by atoms with Crippen LogP contribution >= 0.6 is 0 Å². The van der Waals surface area contributed by atoms with Crippen molar-refractivity contribution in [3.63, 3.8) is 0 Å². The van der Waals surface area contributed by atoms with Gasteiger partial charge in [0.2, 0.25) is 5.78 Å². The van der Waals surface area contributed by atoms with Gasteiger partial charge in [-0.15, -0.1) is 0 Å². The lowest BCUT2D eigenvalue weighted by Crippen LogP contribution is -2.38. The molecule has 182 valence electrons. The van der Waals surface area contributed by atoms with Gasteiger partial charge in [0.25, 0.3) is 5.91 Å². The summed E-state index contributed by atoms with van der Waals surface area (Å²) in [5.74, 6) is -0.130. The van der Waals surface area contributed by atoms with Crippen LogP contribution in [-0.2, 0) is 4.79 Å². The van der Waals surface area contributed by atoms with E-state index in [0.717, 1.165) is 25.7 Å². The van der Waals surface area contributed by atoms with E-state index < -0.39 is 23.5 Å². The Kier molecular flexibility index (Phi) is 5.88. The first kappa shape index (κ1) is 22.8. The van der Waals surface area contributed by atoms with E-state index in [1.165, 1.54) is 21.3 Å². The number of aliphatic hydroxyl groups is 1. The molecule has 1 aliphatic heterocycles. The molecule has 1 aromatic heterocycles. The van der Waals surface area contributed by atoms with Crippen molar-refractivity contribution >= 4 is 22.7 Å². The number of hydrogen-bond donors (Lipinski definition) is 1. The van der Waals surface area contributed by atoms with Crippen LogP contribution in [0.1, 0.15) is 47.8 Å². The minimum absolute atomic E-state index is 0.00728. The summed E-state index contributed by atoms with van der Waals surface area (Å²) in [6.07, 6.45) is 3.60. The monoisotopic (exact) mass is 477 g/mol. The number of methoxy groups -OCH3 is 3. The number of aliphatic hydroxyl groups excluding tert-OH is 1. The molecule has 2 aromatic carbocycles. The molecule has 3 aromatic rings. The highest BCUT2D eigenvalue weighted by molar-refractivity contribution is 6.16. The molecule has 2 aliphatic rings. The second-order valence-electron chi connectivity index (χ2n) is 8.75. The average molecular weight is 478 g/mol. The molecule has 1 N–H and O–H groups in total. The van der Waals surface area contributed by atoms with Crippen molar-refractivity contribution in [2.75, 3.05) is 21.3 Å². The number of ketones is 1. The van der Waals surface area contributed by atoms with Gasteiger partial charge in [0.15, 0.2) is 34.4 Å². The maximum absolute atomic E-state index is 13.8. The number of furan rings is 1. The summed E-state index contributed by atoms with van der Waals surface area (Å²) >= 11 is 0. The molecule has 5 rings (SSSR count). The molecule has 2 heterocycles. The lowest BCUT2D eigenvalue weighted by Gasteiger charge is -2.32. The van der Waals surface area contributed by atoms with Crippen LogP contribution in [0.25, 0.3) is 11.0 Å². The Bertz CT molecular complexity index is 1330. The van der Waals surface area contributed by atoms with Crippen molar-refractivity contribution in [2.45, 2.75) is 37.8 Å². The summed E-state index contributed by atoms with van der Waals surface area (Å²) < 4.78 is 22.1. The van der Waals surface area contributed by atoms with Crippen molar-refractivity contribution in [3.8, 4) is 17.2 Å². The molecular weight excluding hydrogens is 450 g/mol. The minimum atomic E-state index is -0.784. The average Bonchev–Trinajstić information content (AvgIpc) is 3.62. The molecule has 0 radical (unpaired) electrons. The van der Waals surface area contributed by atoms with Crippen LogP contribution < -0.4 is 14.2 Å². The Hall–Kier alpha value is -3.94. The molecule has 0 bridgehead atoms.